The molecule has 1 aromatic rings. The van der Waals surface area contributed by atoms with Crippen LogP contribution in [0.5, 0.6) is 0 Å². The summed E-state index contributed by atoms with van der Waals surface area (Å²) >= 11 is 1.33. The average Bonchev–Trinajstić information content (AvgIpc) is 2.63. The molecule has 2 N–H and O–H groups in total. The molecule has 7 heteroatoms. The van der Waals surface area contributed by atoms with Crippen LogP contribution in [0.15, 0.2) is 17.5 Å². The Hall–Kier alpha value is -0.630. The van der Waals surface area contributed by atoms with Gasteiger partial charge in [-0.25, -0.2) is 0 Å². The highest BCUT2D eigenvalue weighted by molar-refractivity contribution is 7.10. The van der Waals surface area contributed by atoms with E-state index >= 15 is 0 Å². The van der Waals surface area contributed by atoms with Crippen molar-refractivity contribution < 1.29 is 23.1 Å². The second-order valence-corrected chi connectivity index (χ2v) is 3.76. The third kappa shape index (κ3) is 5.12. The summed E-state index contributed by atoms with van der Waals surface area (Å²) in [4.78, 5) is 4.82. The molecular formula is C8H10F3NO2S. The van der Waals surface area contributed by atoms with Crippen molar-refractivity contribution in [1.29, 1.82) is 0 Å². The molecule has 0 saturated carbocycles. The van der Waals surface area contributed by atoms with Gasteiger partial charge in [0.2, 0.25) is 0 Å². The first-order valence-electron chi connectivity index (χ1n) is 4.12. The van der Waals surface area contributed by atoms with Gasteiger partial charge in [-0.1, -0.05) is 6.07 Å². The topological polar surface area (TPSA) is 41.5 Å². The van der Waals surface area contributed by atoms with E-state index in [2.05, 4.69) is 10.3 Å². The fourth-order valence-corrected chi connectivity index (χ4v) is 1.56. The molecule has 1 aromatic heterocycles. The molecule has 1 atom stereocenters. The minimum atomic E-state index is -4.36. The monoisotopic (exact) mass is 241 g/mol. The first-order chi connectivity index (χ1) is 6.99. The van der Waals surface area contributed by atoms with E-state index in [1.165, 1.54) is 11.3 Å². The molecular weight excluding hydrogens is 231 g/mol. The van der Waals surface area contributed by atoms with Gasteiger partial charge in [-0.05, 0) is 11.4 Å². The van der Waals surface area contributed by atoms with Crippen molar-refractivity contribution in [3.8, 4) is 0 Å². The van der Waals surface area contributed by atoms with Gasteiger partial charge in [0.25, 0.3) is 0 Å². The number of rotatable bonds is 5. The molecule has 0 spiro atoms. The van der Waals surface area contributed by atoms with Gasteiger partial charge in [0.1, 0.15) is 6.10 Å². The highest BCUT2D eigenvalue weighted by Crippen LogP contribution is 2.18. The minimum absolute atomic E-state index is 0.0728. The average molecular weight is 241 g/mol. The van der Waals surface area contributed by atoms with Crippen molar-refractivity contribution in [3.05, 3.63) is 22.4 Å². The predicted molar refractivity (Wildman–Crippen MR) is 49.3 cm³/mol. The molecule has 0 radical (unpaired) electrons. The first-order valence-corrected chi connectivity index (χ1v) is 5.00. The zero-order valence-corrected chi connectivity index (χ0v) is 8.44. The van der Waals surface area contributed by atoms with E-state index in [0.29, 0.717) is 4.88 Å². The largest absolute Gasteiger partial charge is 0.413 e. The van der Waals surface area contributed by atoms with Crippen molar-refractivity contribution in [2.75, 3.05) is 13.2 Å². The maximum absolute atomic E-state index is 11.6. The fraction of sp³-hybridized carbons (Fsp3) is 0.500. The van der Waals surface area contributed by atoms with E-state index in [1.807, 2.05) is 0 Å². The number of aliphatic hydroxyl groups excluding tert-OH is 1. The second-order valence-electron chi connectivity index (χ2n) is 2.78. The molecule has 1 unspecified atom stereocenters. The van der Waals surface area contributed by atoms with Gasteiger partial charge in [0.05, 0.1) is 6.54 Å². The van der Waals surface area contributed by atoms with Crippen LogP contribution in [0.25, 0.3) is 0 Å². The van der Waals surface area contributed by atoms with E-state index in [1.54, 1.807) is 17.5 Å². The van der Waals surface area contributed by atoms with Crippen molar-refractivity contribution >= 4 is 11.3 Å². The lowest BCUT2D eigenvalue weighted by atomic mass is 10.3. The number of alkyl halides is 3. The lowest BCUT2D eigenvalue weighted by Gasteiger charge is -2.11. The summed E-state index contributed by atoms with van der Waals surface area (Å²) in [5, 5.41) is 11.2. The van der Waals surface area contributed by atoms with Crippen LogP contribution in [0, 0.1) is 0 Å². The molecule has 15 heavy (non-hydrogen) atoms. The Morgan fingerprint density at radius 1 is 1.53 bits per heavy atom. The first kappa shape index (κ1) is 12.4. The van der Waals surface area contributed by atoms with Gasteiger partial charge in [0, 0.05) is 4.88 Å². The SMILES string of the molecule is OC(CNOCC(F)(F)F)c1cccs1. The molecule has 3 nitrogen and oxygen atoms in total. The second kappa shape index (κ2) is 5.45. The summed E-state index contributed by atoms with van der Waals surface area (Å²) in [7, 11) is 0. The molecule has 0 bridgehead atoms. The van der Waals surface area contributed by atoms with E-state index in [0.717, 1.165) is 0 Å². The molecule has 86 valence electrons. The summed E-state index contributed by atoms with van der Waals surface area (Å²) < 4.78 is 34.9. The summed E-state index contributed by atoms with van der Waals surface area (Å²) in [6, 6.07) is 3.45. The van der Waals surface area contributed by atoms with Crippen LogP contribution < -0.4 is 5.48 Å². The quantitative estimate of drug-likeness (QED) is 0.610. The van der Waals surface area contributed by atoms with Crippen LogP contribution in [-0.2, 0) is 4.84 Å². The maximum atomic E-state index is 11.6. The standard InChI is InChI=1S/C8H10F3NO2S/c9-8(10,11)5-14-12-4-6(13)7-2-1-3-15-7/h1-3,6,12-13H,4-5H2. The Bertz CT molecular complexity index is 276. The Kier molecular flexibility index (Phi) is 4.52. The van der Waals surface area contributed by atoms with Crippen molar-refractivity contribution in [2.45, 2.75) is 12.3 Å². The van der Waals surface area contributed by atoms with Gasteiger partial charge in [-0.15, -0.1) is 11.3 Å². The number of hydroxylamine groups is 1. The third-order valence-electron chi connectivity index (χ3n) is 1.49. The highest BCUT2D eigenvalue weighted by Gasteiger charge is 2.27. The van der Waals surface area contributed by atoms with Crippen LogP contribution >= 0.6 is 11.3 Å². The molecule has 0 aliphatic heterocycles. The summed E-state index contributed by atoms with van der Waals surface area (Å²) in [5.74, 6) is 0. The van der Waals surface area contributed by atoms with Gasteiger partial charge >= 0.3 is 6.18 Å². The number of halogens is 3. The summed E-state index contributed by atoms with van der Waals surface area (Å²) in [6.45, 7) is -1.44. The summed E-state index contributed by atoms with van der Waals surface area (Å²) in [6.07, 6.45) is -5.21. The molecule has 0 aliphatic carbocycles. The molecule has 1 rings (SSSR count). The van der Waals surface area contributed by atoms with Crippen LogP contribution in [0.1, 0.15) is 11.0 Å². The number of hydrogen-bond donors (Lipinski definition) is 2. The minimum Gasteiger partial charge on any atom is -0.386 e. The number of aliphatic hydroxyl groups is 1. The van der Waals surface area contributed by atoms with Crippen LogP contribution in [-0.4, -0.2) is 24.4 Å². The van der Waals surface area contributed by atoms with E-state index in [4.69, 9.17) is 0 Å². The van der Waals surface area contributed by atoms with E-state index < -0.39 is 18.9 Å². The highest BCUT2D eigenvalue weighted by atomic mass is 32.1. The third-order valence-corrected chi connectivity index (χ3v) is 2.46. The molecule has 0 aliphatic rings. The van der Waals surface area contributed by atoms with Gasteiger partial charge in [0.15, 0.2) is 6.61 Å². The van der Waals surface area contributed by atoms with Crippen molar-refractivity contribution in [3.63, 3.8) is 0 Å². The van der Waals surface area contributed by atoms with Crippen LogP contribution in [0.2, 0.25) is 0 Å². The molecule has 0 amide bonds. The maximum Gasteiger partial charge on any atom is 0.413 e. The van der Waals surface area contributed by atoms with Crippen molar-refractivity contribution in [2.24, 2.45) is 0 Å². The molecule has 0 aromatic carbocycles. The number of hydrogen-bond acceptors (Lipinski definition) is 4. The van der Waals surface area contributed by atoms with E-state index in [9.17, 15) is 18.3 Å². The zero-order chi connectivity index (χ0) is 11.3. The smallest absolute Gasteiger partial charge is 0.386 e. The molecule has 0 fully saturated rings. The predicted octanol–water partition coefficient (Wildman–Crippen LogP) is 1.86. The zero-order valence-electron chi connectivity index (χ0n) is 7.62. The summed E-state index contributed by atoms with van der Waals surface area (Å²) in [5.41, 5.74) is 2.07. The lowest BCUT2D eigenvalue weighted by Crippen LogP contribution is -2.27. The molecule has 1 heterocycles. The van der Waals surface area contributed by atoms with Crippen LogP contribution in [0.4, 0.5) is 13.2 Å². The van der Waals surface area contributed by atoms with Gasteiger partial charge in [-0.3, -0.25) is 4.84 Å². The van der Waals surface area contributed by atoms with Gasteiger partial charge in [-0.2, -0.15) is 18.7 Å². The van der Waals surface area contributed by atoms with Gasteiger partial charge < -0.3 is 5.11 Å². The lowest BCUT2D eigenvalue weighted by molar-refractivity contribution is -0.191. The Morgan fingerprint density at radius 2 is 2.27 bits per heavy atom. The Labute approximate surface area is 88.4 Å². The fourth-order valence-electron chi connectivity index (χ4n) is 0.852. The molecule has 0 saturated heterocycles. The number of nitrogens with one attached hydrogen (secondary N) is 1. The van der Waals surface area contributed by atoms with Crippen molar-refractivity contribution in [1.82, 2.24) is 5.48 Å². The Balaban J connectivity index is 2.16. The van der Waals surface area contributed by atoms with E-state index in [-0.39, 0.29) is 6.54 Å². The normalized spacial score (nSPS) is 14.1. The Morgan fingerprint density at radius 3 is 2.80 bits per heavy atom. The number of thiophene rings is 1. The van der Waals surface area contributed by atoms with Crippen LogP contribution in [0.3, 0.4) is 0 Å².